The first-order valence-corrected chi connectivity index (χ1v) is 9.45. The van der Waals surface area contributed by atoms with Crippen molar-refractivity contribution < 1.29 is 17.0 Å². The Bertz CT molecular complexity index is 998. The third kappa shape index (κ3) is 3.28. The lowest BCUT2D eigenvalue weighted by molar-refractivity contribution is 0.485. The average molecular weight is 356 g/mol. The van der Waals surface area contributed by atoms with Gasteiger partial charge in [0.2, 0.25) is 12.3 Å². The molecule has 0 amide bonds. The lowest BCUT2D eigenvalue weighted by Gasteiger charge is -2.16. The number of nitrogens with zero attached hydrogens (tertiary/aromatic N) is 2. The van der Waals surface area contributed by atoms with E-state index in [1.807, 2.05) is 6.07 Å². The van der Waals surface area contributed by atoms with Gasteiger partial charge in [-0.15, -0.1) is 10.2 Å². The maximum Gasteiger partial charge on any atom is 0.339 e. The van der Waals surface area contributed by atoms with E-state index in [1.165, 1.54) is 12.0 Å². The van der Waals surface area contributed by atoms with Gasteiger partial charge in [0.05, 0.1) is 0 Å². The minimum Gasteiger partial charge on any atom is -0.423 e. The number of benzene rings is 2. The molecule has 1 aromatic heterocycles. The van der Waals surface area contributed by atoms with Crippen molar-refractivity contribution in [1.82, 2.24) is 10.2 Å². The summed E-state index contributed by atoms with van der Waals surface area (Å²) < 4.78 is 35.6. The molecule has 0 N–H and O–H groups in total. The van der Waals surface area contributed by atoms with Crippen LogP contribution in [-0.4, -0.2) is 18.6 Å². The summed E-state index contributed by atoms with van der Waals surface area (Å²) in [4.78, 5) is 0.177. The van der Waals surface area contributed by atoms with Gasteiger partial charge < -0.3 is 8.60 Å². The second-order valence-corrected chi connectivity index (χ2v) is 7.49. The van der Waals surface area contributed by atoms with Gasteiger partial charge in [0.15, 0.2) is 0 Å². The summed E-state index contributed by atoms with van der Waals surface area (Å²) in [5.74, 6) is 0.505. The van der Waals surface area contributed by atoms with Crippen LogP contribution in [-0.2, 0) is 23.0 Å². The summed E-state index contributed by atoms with van der Waals surface area (Å²) in [6, 6.07) is 11.8. The van der Waals surface area contributed by atoms with Crippen LogP contribution in [0.25, 0.3) is 11.5 Å². The Labute approximate surface area is 145 Å². The Morgan fingerprint density at radius 2 is 1.84 bits per heavy atom. The van der Waals surface area contributed by atoms with Gasteiger partial charge in [-0.1, -0.05) is 12.1 Å². The highest BCUT2D eigenvalue weighted by Crippen LogP contribution is 2.27. The second kappa shape index (κ2) is 6.33. The van der Waals surface area contributed by atoms with Gasteiger partial charge in [0, 0.05) is 5.56 Å². The van der Waals surface area contributed by atoms with E-state index in [4.69, 9.17) is 8.60 Å². The average Bonchev–Trinajstić information content (AvgIpc) is 3.16. The van der Waals surface area contributed by atoms with Crippen LogP contribution in [0.4, 0.5) is 0 Å². The maximum atomic E-state index is 12.6. The predicted octanol–water partition coefficient (Wildman–Crippen LogP) is 3.38. The summed E-state index contributed by atoms with van der Waals surface area (Å²) in [6.45, 7) is 0. The fourth-order valence-corrected chi connectivity index (χ4v) is 3.99. The molecule has 2 aromatic carbocycles. The number of fused-ring (bicyclic) bond motifs is 1. The van der Waals surface area contributed by atoms with Gasteiger partial charge in [0.1, 0.15) is 10.6 Å². The quantitative estimate of drug-likeness (QED) is 0.667. The van der Waals surface area contributed by atoms with Gasteiger partial charge >= 0.3 is 10.1 Å². The first-order valence-electron chi connectivity index (χ1n) is 8.05. The van der Waals surface area contributed by atoms with E-state index >= 15 is 0 Å². The highest BCUT2D eigenvalue weighted by Gasteiger charge is 2.20. The fourth-order valence-electron chi connectivity index (χ4n) is 3.02. The van der Waals surface area contributed by atoms with Crippen LogP contribution in [0.15, 0.2) is 58.2 Å². The van der Waals surface area contributed by atoms with Gasteiger partial charge in [-0.2, -0.15) is 8.42 Å². The molecule has 1 aliphatic carbocycles. The Balaban J connectivity index is 1.62. The number of hydrogen-bond acceptors (Lipinski definition) is 6. The highest BCUT2D eigenvalue weighted by molar-refractivity contribution is 7.87. The van der Waals surface area contributed by atoms with Crippen LogP contribution in [0, 0.1) is 0 Å². The highest BCUT2D eigenvalue weighted by atomic mass is 32.2. The zero-order valence-electron chi connectivity index (χ0n) is 13.4. The van der Waals surface area contributed by atoms with Crippen LogP contribution in [0.5, 0.6) is 5.75 Å². The number of aromatic nitrogens is 2. The lowest BCUT2D eigenvalue weighted by Crippen LogP contribution is -2.12. The van der Waals surface area contributed by atoms with Crippen molar-refractivity contribution in [3.05, 3.63) is 60.0 Å². The van der Waals surface area contributed by atoms with Crippen LogP contribution in [0.3, 0.4) is 0 Å². The second-order valence-electron chi connectivity index (χ2n) is 5.95. The Morgan fingerprint density at radius 1 is 1.00 bits per heavy atom. The summed E-state index contributed by atoms with van der Waals surface area (Å²) in [7, 11) is -3.90. The largest absolute Gasteiger partial charge is 0.423 e. The van der Waals surface area contributed by atoms with E-state index in [0.29, 0.717) is 11.5 Å². The van der Waals surface area contributed by atoms with Crippen molar-refractivity contribution in [3.8, 4) is 17.2 Å². The molecule has 0 saturated heterocycles. The minimum absolute atomic E-state index is 0.177. The van der Waals surface area contributed by atoms with Crippen LogP contribution < -0.4 is 4.18 Å². The fraction of sp³-hybridized carbons (Fsp3) is 0.222. The van der Waals surface area contributed by atoms with Crippen molar-refractivity contribution in [2.24, 2.45) is 0 Å². The van der Waals surface area contributed by atoms with E-state index in [0.717, 1.165) is 31.2 Å². The van der Waals surface area contributed by atoms with Gasteiger partial charge in [-0.05, 0) is 67.1 Å². The Morgan fingerprint density at radius 3 is 2.64 bits per heavy atom. The number of hydrogen-bond donors (Lipinski definition) is 0. The van der Waals surface area contributed by atoms with Gasteiger partial charge in [-0.3, -0.25) is 0 Å². The molecule has 0 radical (unpaired) electrons. The van der Waals surface area contributed by atoms with Crippen molar-refractivity contribution in [2.45, 2.75) is 30.6 Å². The van der Waals surface area contributed by atoms with Crippen molar-refractivity contribution >= 4 is 10.1 Å². The molecule has 0 aliphatic heterocycles. The third-order valence-electron chi connectivity index (χ3n) is 4.26. The molecule has 0 saturated carbocycles. The molecular formula is C18H16N2O4S. The van der Waals surface area contributed by atoms with E-state index in [9.17, 15) is 8.42 Å². The molecule has 0 atom stereocenters. The molecule has 1 aliphatic rings. The summed E-state index contributed by atoms with van der Waals surface area (Å²) in [6.07, 6.45) is 5.36. The molecule has 0 spiro atoms. The van der Waals surface area contributed by atoms with Crippen LogP contribution in [0.2, 0.25) is 0 Å². The molecule has 6 nitrogen and oxygen atoms in total. The smallest absolute Gasteiger partial charge is 0.339 e. The summed E-state index contributed by atoms with van der Waals surface area (Å²) in [5, 5.41) is 7.42. The third-order valence-corrected chi connectivity index (χ3v) is 5.50. The Kier molecular flexibility index (Phi) is 4.01. The van der Waals surface area contributed by atoms with Crippen LogP contribution >= 0.6 is 0 Å². The standard InChI is InChI=1S/C18H16N2O4S/c21-25(22,17-9-8-13-4-1-2-5-14(13)11-17)24-16-7-3-6-15(10-16)18-20-19-12-23-18/h3,6-12H,1-2,4-5H2. The molecule has 1 heterocycles. The predicted molar refractivity (Wildman–Crippen MR) is 90.6 cm³/mol. The molecular weight excluding hydrogens is 340 g/mol. The molecule has 0 bridgehead atoms. The van der Waals surface area contributed by atoms with E-state index in [2.05, 4.69) is 10.2 Å². The SMILES string of the molecule is O=S(=O)(Oc1cccc(-c2nnco2)c1)c1ccc2c(c1)CCCC2. The molecule has 3 aromatic rings. The zero-order chi connectivity index (χ0) is 17.3. The van der Waals surface area contributed by atoms with E-state index in [1.54, 1.807) is 36.4 Å². The van der Waals surface area contributed by atoms with Crippen molar-refractivity contribution in [2.75, 3.05) is 0 Å². The molecule has 128 valence electrons. The van der Waals surface area contributed by atoms with Crippen molar-refractivity contribution in [3.63, 3.8) is 0 Å². The summed E-state index contributed by atoms with van der Waals surface area (Å²) in [5.41, 5.74) is 2.91. The normalized spacial score (nSPS) is 14.1. The lowest BCUT2D eigenvalue weighted by atomic mass is 9.92. The maximum absolute atomic E-state index is 12.6. The minimum atomic E-state index is -3.90. The van der Waals surface area contributed by atoms with Crippen LogP contribution in [0.1, 0.15) is 24.0 Å². The van der Waals surface area contributed by atoms with E-state index < -0.39 is 10.1 Å². The molecule has 7 heteroatoms. The van der Waals surface area contributed by atoms with Gasteiger partial charge in [-0.25, -0.2) is 0 Å². The molecule has 25 heavy (non-hydrogen) atoms. The monoisotopic (exact) mass is 356 g/mol. The number of rotatable bonds is 4. The first-order chi connectivity index (χ1) is 12.1. The number of aryl methyl sites for hydroxylation is 2. The molecule has 4 rings (SSSR count). The topological polar surface area (TPSA) is 82.3 Å². The zero-order valence-corrected chi connectivity index (χ0v) is 14.2. The van der Waals surface area contributed by atoms with Gasteiger partial charge in [0.25, 0.3) is 0 Å². The Hall–Kier alpha value is -2.67. The first kappa shape index (κ1) is 15.8. The molecule has 0 fully saturated rings. The molecule has 0 unspecified atom stereocenters. The van der Waals surface area contributed by atoms with Crippen molar-refractivity contribution in [1.29, 1.82) is 0 Å². The summed E-state index contributed by atoms with van der Waals surface area (Å²) >= 11 is 0. The van der Waals surface area contributed by atoms with E-state index in [-0.39, 0.29) is 10.6 Å².